The van der Waals surface area contributed by atoms with Gasteiger partial charge >= 0.3 is 0 Å². The van der Waals surface area contributed by atoms with E-state index in [1.54, 1.807) is 0 Å². The second kappa shape index (κ2) is 7.79. The standard InChI is InChI=1S/C21H24N2O3/c24-21(20-15-25-18-8-1-2-9-19(18)26-20)22-13-16-6-5-7-17(12-16)14-23-10-3-4-11-23/h1-2,5-9,12,20H,3-4,10-11,13-15H2,(H,22,24)/t20-/m0/s1. The third-order valence-electron chi connectivity index (χ3n) is 4.86. The molecule has 2 aliphatic heterocycles. The summed E-state index contributed by atoms with van der Waals surface area (Å²) in [5.41, 5.74) is 2.40. The SMILES string of the molecule is O=C(NCc1cccc(CN2CCCC2)c1)[C@@H]1COc2ccccc2O1. The van der Waals surface area contributed by atoms with E-state index in [2.05, 4.69) is 28.4 Å². The lowest BCUT2D eigenvalue weighted by Gasteiger charge is -2.25. The Morgan fingerprint density at radius 3 is 2.65 bits per heavy atom. The van der Waals surface area contributed by atoms with Crippen LogP contribution in [0, 0.1) is 0 Å². The van der Waals surface area contributed by atoms with Crippen LogP contribution >= 0.6 is 0 Å². The molecule has 2 aliphatic rings. The lowest BCUT2D eigenvalue weighted by molar-refractivity contribution is -0.130. The molecule has 1 amide bonds. The summed E-state index contributed by atoms with van der Waals surface area (Å²) in [6.45, 7) is 4.08. The van der Waals surface area contributed by atoms with E-state index in [0.29, 0.717) is 18.0 Å². The minimum Gasteiger partial charge on any atom is -0.485 e. The average molecular weight is 352 g/mol. The number of fused-ring (bicyclic) bond motifs is 1. The van der Waals surface area contributed by atoms with E-state index in [1.807, 2.05) is 30.3 Å². The Balaban J connectivity index is 1.32. The minimum atomic E-state index is -0.613. The van der Waals surface area contributed by atoms with E-state index in [9.17, 15) is 4.79 Å². The van der Waals surface area contributed by atoms with Crippen LogP contribution in [0.2, 0.25) is 0 Å². The fourth-order valence-corrected chi connectivity index (χ4v) is 3.49. The highest BCUT2D eigenvalue weighted by Crippen LogP contribution is 2.30. The van der Waals surface area contributed by atoms with Gasteiger partial charge in [0.2, 0.25) is 6.10 Å². The van der Waals surface area contributed by atoms with Gasteiger partial charge in [-0.05, 0) is 49.2 Å². The maximum Gasteiger partial charge on any atom is 0.264 e. The number of hydrogen-bond acceptors (Lipinski definition) is 4. The second-order valence-corrected chi connectivity index (χ2v) is 6.89. The van der Waals surface area contributed by atoms with E-state index in [-0.39, 0.29) is 12.5 Å². The lowest BCUT2D eigenvalue weighted by atomic mass is 10.1. The molecule has 1 fully saturated rings. The van der Waals surface area contributed by atoms with Crippen molar-refractivity contribution in [3.63, 3.8) is 0 Å². The number of nitrogens with one attached hydrogen (secondary N) is 1. The smallest absolute Gasteiger partial charge is 0.264 e. The first-order valence-electron chi connectivity index (χ1n) is 9.24. The van der Waals surface area contributed by atoms with E-state index in [1.165, 1.54) is 31.5 Å². The predicted molar refractivity (Wildman–Crippen MR) is 99.2 cm³/mol. The van der Waals surface area contributed by atoms with E-state index in [0.717, 1.165) is 12.1 Å². The predicted octanol–water partition coefficient (Wildman–Crippen LogP) is 2.74. The fraction of sp³-hybridized carbons (Fsp3) is 0.381. The van der Waals surface area contributed by atoms with Gasteiger partial charge in [0.15, 0.2) is 11.5 Å². The molecule has 0 aliphatic carbocycles. The highest BCUT2D eigenvalue weighted by atomic mass is 16.6. The molecular weight excluding hydrogens is 328 g/mol. The lowest BCUT2D eigenvalue weighted by Crippen LogP contribution is -2.43. The molecule has 0 saturated carbocycles. The summed E-state index contributed by atoms with van der Waals surface area (Å²) in [7, 11) is 0. The number of hydrogen-bond donors (Lipinski definition) is 1. The van der Waals surface area contributed by atoms with Gasteiger partial charge < -0.3 is 14.8 Å². The average Bonchev–Trinajstić information content (AvgIpc) is 3.19. The number of benzene rings is 2. The Morgan fingerprint density at radius 1 is 1.04 bits per heavy atom. The molecule has 2 aromatic rings. The molecule has 136 valence electrons. The van der Waals surface area contributed by atoms with Crippen molar-refractivity contribution >= 4 is 5.91 Å². The molecule has 2 aromatic carbocycles. The summed E-state index contributed by atoms with van der Waals surface area (Å²) in [5.74, 6) is 1.15. The summed E-state index contributed by atoms with van der Waals surface area (Å²) in [6.07, 6.45) is 1.97. The van der Waals surface area contributed by atoms with Crippen LogP contribution in [0.5, 0.6) is 11.5 Å². The van der Waals surface area contributed by atoms with Crippen LogP contribution in [0.4, 0.5) is 0 Å². The molecule has 2 heterocycles. The number of amides is 1. The third kappa shape index (κ3) is 3.99. The Morgan fingerprint density at radius 2 is 1.81 bits per heavy atom. The third-order valence-corrected chi connectivity index (χ3v) is 4.86. The Bertz CT molecular complexity index is 771. The zero-order valence-corrected chi connectivity index (χ0v) is 14.8. The van der Waals surface area contributed by atoms with Gasteiger partial charge in [-0.15, -0.1) is 0 Å². The molecule has 0 aromatic heterocycles. The van der Waals surface area contributed by atoms with Crippen LogP contribution in [0.25, 0.3) is 0 Å². The Kier molecular flexibility index (Phi) is 5.07. The molecule has 1 N–H and O–H groups in total. The van der Waals surface area contributed by atoms with E-state index < -0.39 is 6.10 Å². The molecule has 1 saturated heterocycles. The van der Waals surface area contributed by atoms with Crippen molar-refractivity contribution in [1.82, 2.24) is 10.2 Å². The van der Waals surface area contributed by atoms with Crippen LogP contribution in [-0.4, -0.2) is 36.6 Å². The largest absolute Gasteiger partial charge is 0.485 e. The molecule has 5 nitrogen and oxygen atoms in total. The molecular formula is C21H24N2O3. The highest BCUT2D eigenvalue weighted by molar-refractivity contribution is 5.81. The fourth-order valence-electron chi connectivity index (χ4n) is 3.49. The van der Waals surface area contributed by atoms with Crippen molar-refractivity contribution in [2.45, 2.75) is 32.0 Å². The first kappa shape index (κ1) is 16.9. The summed E-state index contributed by atoms with van der Waals surface area (Å²) < 4.78 is 11.4. The maximum absolute atomic E-state index is 12.4. The van der Waals surface area contributed by atoms with Gasteiger partial charge in [0.05, 0.1) is 0 Å². The zero-order valence-electron chi connectivity index (χ0n) is 14.8. The number of para-hydroxylation sites is 2. The van der Waals surface area contributed by atoms with Gasteiger partial charge in [-0.1, -0.05) is 36.4 Å². The molecule has 5 heteroatoms. The molecule has 26 heavy (non-hydrogen) atoms. The number of rotatable bonds is 5. The number of nitrogens with zero attached hydrogens (tertiary/aromatic N) is 1. The molecule has 0 radical (unpaired) electrons. The van der Waals surface area contributed by atoms with Gasteiger partial charge in [-0.25, -0.2) is 0 Å². The topological polar surface area (TPSA) is 50.8 Å². The quantitative estimate of drug-likeness (QED) is 0.899. The van der Waals surface area contributed by atoms with Gasteiger partial charge in [0.25, 0.3) is 5.91 Å². The summed E-state index contributed by atoms with van der Waals surface area (Å²) in [6, 6.07) is 15.8. The van der Waals surface area contributed by atoms with Crippen molar-refractivity contribution in [2.24, 2.45) is 0 Å². The molecule has 0 spiro atoms. The number of carbonyl (C=O) groups is 1. The second-order valence-electron chi connectivity index (χ2n) is 6.89. The minimum absolute atomic E-state index is 0.149. The van der Waals surface area contributed by atoms with Crippen molar-refractivity contribution in [2.75, 3.05) is 19.7 Å². The number of ether oxygens (including phenoxy) is 2. The number of carbonyl (C=O) groups excluding carboxylic acids is 1. The zero-order chi connectivity index (χ0) is 17.8. The molecule has 4 rings (SSSR count). The Hall–Kier alpha value is -2.53. The van der Waals surface area contributed by atoms with Gasteiger partial charge in [0, 0.05) is 13.1 Å². The molecule has 1 atom stereocenters. The van der Waals surface area contributed by atoms with E-state index in [4.69, 9.17) is 9.47 Å². The normalized spacial score (nSPS) is 19.3. The van der Waals surface area contributed by atoms with E-state index >= 15 is 0 Å². The van der Waals surface area contributed by atoms with Crippen molar-refractivity contribution < 1.29 is 14.3 Å². The summed E-state index contributed by atoms with van der Waals surface area (Å²) in [4.78, 5) is 14.9. The van der Waals surface area contributed by atoms with Crippen molar-refractivity contribution in [3.8, 4) is 11.5 Å². The molecule has 0 unspecified atom stereocenters. The van der Waals surface area contributed by atoms with Crippen LogP contribution in [-0.2, 0) is 17.9 Å². The van der Waals surface area contributed by atoms with Crippen LogP contribution < -0.4 is 14.8 Å². The van der Waals surface area contributed by atoms with Crippen molar-refractivity contribution in [1.29, 1.82) is 0 Å². The van der Waals surface area contributed by atoms with Crippen LogP contribution in [0.15, 0.2) is 48.5 Å². The Labute approximate surface area is 153 Å². The van der Waals surface area contributed by atoms with Crippen LogP contribution in [0.3, 0.4) is 0 Å². The van der Waals surface area contributed by atoms with Gasteiger partial charge in [0.1, 0.15) is 6.61 Å². The first-order chi connectivity index (χ1) is 12.8. The summed E-state index contributed by atoms with van der Waals surface area (Å²) in [5, 5.41) is 2.96. The molecule has 0 bridgehead atoms. The van der Waals surface area contributed by atoms with Crippen LogP contribution in [0.1, 0.15) is 24.0 Å². The number of likely N-dealkylation sites (tertiary alicyclic amines) is 1. The van der Waals surface area contributed by atoms with Crippen molar-refractivity contribution in [3.05, 3.63) is 59.7 Å². The summed E-state index contributed by atoms with van der Waals surface area (Å²) >= 11 is 0. The highest BCUT2D eigenvalue weighted by Gasteiger charge is 2.26. The first-order valence-corrected chi connectivity index (χ1v) is 9.24. The maximum atomic E-state index is 12.4. The van der Waals surface area contributed by atoms with Gasteiger partial charge in [-0.2, -0.15) is 0 Å². The van der Waals surface area contributed by atoms with Gasteiger partial charge in [-0.3, -0.25) is 9.69 Å². The monoisotopic (exact) mass is 352 g/mol.